The molecule has 0 unspecified atom stereocenters. The topological polar surface area (TPSA) is 72.3 Å². The number of imidazole rings is 1. The van der Waals surface area contributed by atoms with Gasteiger partial charge in [-0.2, -0.15) is 0 Å². The van der Waals surface area contributed by atoms with Gasteiger partial charge in [-0.15, -0.1) is 0 Å². The van der Waals surface area contributed by atoms with Crippen LogP contribution in [0, 0.1) is 0 Å². The lowest BCUT2D eigenvalue weighted by Crippen LogP contribution is -2.26. The van der Waals surface area contributed by atoms with Gasteiger partial charge in [-0.1, -0.05) is 30.3 Å². The van der Waals surface area contributed by atoms with Crippen molar-refractivity contribution in [3.8, 4) is 0 Å². The summed E-state index contributed by atoms with van der Waals surface area (Å²) in [5.74, 6) is 0.159. The fraction of sp³-hybridized carbons (Fsp3) is 0.263. The predicted octanol–water partition coefficient (Wildman–Crippen LogP) is 2.92. The van der Waals surface area contributed by atoms with E-state index in [0.717, 1.165) is 0 Å². The van der Waals surface area contributed by atoms with Gasteiger partial charge < -0.3 is 4.90 Å². The van der Waals surface area contributed by atoms with Crippen LogP contribution < -0.4 is 4.90 Å². The van der Waals surface area contributed by atoms with Crippen molar-refractivity contribution in [3.63, 3.8) is 0 Å². The molecule has 26 heavy (non-hydrogen) atoms. The van der Waals surface area contributed by atoms with E-state index in [9.17, 15) is 13.2 Å². The minimum atomic E-state index is -3.64. The molecule has 0 atom stereocenters. The number of anilines is 1. The first-order valence-electron chi connectivity index (χ1n) is 8.27. The molecule has 3 aromatic rings. The largest absolute Gasteiger partial charge is 0.348 e. The van der Waals surface area contributed by atoms with Gasteiger partial charge in [0.15, 0.2) is 5.78 Å². The fourth-order valence-corrected chi connectivity index (χ4v) is 3.96. The number of carbonyl (C=O) groups excluding carboxylic acids is 1. The van der Waals surface area contributed by atoms with Gasteiger partial charge >= 0.3 is 0 Å². The monoisotopic (exact) mass is 371 g/mol. The normalized spacial score (nSPS) is 11.9. The molecule has 0 aliphatic rings. The summed E-state index contributed by atoms with van der Waals surface area (Å²) in [6.45, 7) is 3.25. The molecule has 0 bridgehead atoms. The van der Waals surface area contributed by atoms with Crippen molar-refractivity contribution in [2.75, 3.05) is 19.0 Å². The van der Waals surface area contributed by atoms with Crippen molar-refractivity contribution in [1.82, 2.24) is 8.96 Å². The van der Waals surface area contributed by atoms with Crippen molar-refractivity contribution in [1.29, 1.82) is 0 Å². The van der Waals surface area contributed by atoms with Gasteiger partial charge in [0.05, 0.1) is 16.3 Å². The Morgan fingerprint density at radius 2 is 1.69 bits per heavy atom. The molecule has 0 saturated carbocycles. The first-order chi connectivity index (χ1) is 12.2. The molecular weight excluding hydrogens is 350 g/mol. The minimum absolute atomic E-state index is 0.159. The Bertz CT molecular complexity index is 1070. The maximum absolute atomic E-state index is 12.9. The average Bonchev–Trinajstić information content (AvgIpc) is 3.01. The number of nitrogens with zero attached hydrogens (tertiary/aromatic N) is 3. The van der Waals surface area contributed by atoms with Crippen LogP contribution in [0.4, 0.5) is 5.95 Å². The van der Waals surface area contributed by atoms with Crippen molar-refractivity contribution >= 4 is 32.8 Å². The highest BCUT2D eigenvalue weighted by atomic mass is 32.2. The summed E-state index contributed by atoms with van der Waals surface area (Å²) in [6, 6.07) is 13.9. The minimum Gasteiger partial charge on any atom is -0.348 e. The predicted molar refractivity (Wildman–Crippen MR) is 103 cm³/mol. The Kier molecular flexibility index (Phi) is 4.58. The van der Waals surface area contributed by atoms with E-state index < -0.39 is 15.3 Å². The number of rotatable bonds is 5. The van der Waals surface area contributed by atoms with Gasteiger partial charge in [0.2, 0.25) is 16.0 Å². The van der Waals surface area contributed by atoms with Crippen LogP contribution in [-0.4, -0.2) is 42.5 Å². The van der Waals surface area contributed by atoms with E-state index in [1.807, 2.05) is 6.07 Å². The molecule has 7 heteroatoms. The van der Waals surface area contributed by atoms with Crippen molar-refractivity contribution in [2.45, 2.75) is 19.1 Å². The molecule has 0 spiro atoms. The maximum atomic E-state index is 12.9. The molecule has 3 rings (SSSR count). The molecule has 0 radical (unpaired) electrons. The zero-order valence-corrected chi connectivity index (χ0v) is 16.0. The van der Waals surface area contributed by atoms with Crippen LogP contribution in [0.1, 0.15) is 29.8 Å². The molecule has 6 nitrogen and oxygen atoms in total. The summed E-state index contributed by atoms with van der Waals surface area (Å²) in [7, 11) is -0.162. The molecule has 136 valence electrons. The number of hydrogen-bond donors (Lipinski definition) is 0. The number of hydrogen-bond acceptors (Lipinski definition) is 5. The van der Waals surface area contributed by atoms with Crippen LogP contribution in [0.25, 0.3) is 11.0 Å². The van der Waals surface area contributed by atoms with Crippen molar-refractivity contribution < 1.29 is 13.2 Å². The van der Waals surface area contributed by atoms with Gasteiger partial charge in [0.1, 0.15) is 0 Å². The van der Waals surface area contributed by atoms with Gasteiger partial charge in [0.25, 0.3) is 0 Å². The number of carbonyl (C=O) groups is 1. The van der Waals surface area contributed by atoms with Gasteiger partial charge in [-0.3, -0.25) is 4.79 Å². The van der Waals surface area contributed by atoms with E-state index in [1.54, 1.807) is 75.3 Å². The molecule has 0 aliphatic heterocycles. The van der Waals surface area contributed by atoms with Crippen LogP contribution >= 0.6 is 0 Å². The molecule has 1 aromatic heterocycles. The Hall–Kier alpha value is -2.67. The van der Waals surface area contributed by atoms with Crippen LogP contribution in [-0.2, 0) is 10.0 Å². The summed E-state index contributed by atoms with van der Waals surface area (Å²) in [6.07, 6.45) is 0. The second-order valence-corrected chi connectivity index (χ2v) is 8.90. The molecule has 0 amide bonds. The summed E-state index contributed by atoms with van der Waals surface area (Å²) in [4.78, 5) is 18.8. The highest BCUT2D eigenvalue weighted by molar-refractivity contribution is 7.90. The summed E-state index contributed by atoms with van der Waals surface area (Å²) in [5.41, 5.74) is 1.92. The van der Waals surface area contributed by atoms with E-state index in [1.165, 1.54) is 3.97 Å². The lowest BCUT2D eigenvalue weighted by molar-refractivity contribution is 0.103. The standard InChI is InChI=1S/C19H21N3O3S/c1-13(2)26(24,25)22-17-12-15(18(23)14-8-6-5-7-9-14)10-11-16(17)20-19(22)21(3)4/h5-13H,1-4H3. The SMILES string of the molecule is CC(C)S(=O)(=O)n1c(N(C)C)nc2ccc(C(=O)c3ccccc3)cc21. The van der Waals surface area contributed by atoms with E-state index in [4.69, 9.17) is 0 Å². The Labute approximate surface area is 153 Å². The average molecular weight is 371 g/mol. The van der Waals surface area contributed by atoms with Crippen LogP contribution in [0.2, 0.25) is 0 Å². The lowest BCUT2D eigenvalue weighted by atomic mass is 10.0. The van der Waals surface area contributed by atoms with E-state index in [-0.39, 0.29) is 5.78 Å². The van der Waals surface area contributed by atoms with Crippen LogP contribution in [0.3, 0.4) is 0 Å². The zero-order chi connectivity index (χ0) is 19.1. The smallest absolute Gasteiger partial charge is 0.244 e. The van der Waals surface area contributed by atoms with Crippen molar-refractivity contribution in [3.05, 3.63) is 59.7 Å². The number of aromatic nitrogens is 2. The molecule has 0 N–H and O–H groups in total. The third-order valence-electron chi connectivity index (χ3n) is 4.14. The van der Waals surface area contributed by atoms with E-state index in [2.05, 4.69) is 4.98 Å². The zero-order valence-electron chi connectivity index (χ0n) is 15.2. The Morgan fingerprint density at radius 3 is 2.27 bits per heavy atom. The van der Waals surface area contributed by atoms with E-state index >= 15 is 0 Å². The third kappa shape index (κ3) is 2.99. The molecule has 0 aliphatic carbocycles. The molecule has 0 fully saturated rings. The van der Waals surface area contributed by atoms with Crippen LogP contribution in [0.5, 0.6) is 0 Å². The second-order valence-electron chi connectivity index (χ2n) is 6.56. The number of benzene rings is 2. The van der Waals surface area contributed by atoms with Crippen molar-refractivity contribution in [2.24, 2.45) is 0 Å². The first kappa shape index (κ1) is 18.1. The first-order valence-corrected chi connectivity index (χ1v) is 9.77. The summed E-state index contributed by atoms with van der Waals surface area (Å²) < 4.78 is 27.0. The molecule has 0 saturated heterocycles. The van der Waals surface area contributed by atoms with Gasteiger partial charge in [-0.05, 0) is 32.0 Å². The number of fused-ring (bicyclic) bond motifs is 1. The Morgan fingerprint density at radius 1 is 1.04 bits per heavy atom. The molecule has 2 aromatic carbocycles. The quantitative estimate of drug-likeness (QED) is 0.645. The Balaban J connectivity index is 2.25. The third-order valence-corrected chi connectivity index (χ3v) is 6.21. The van der Waals surface area contributed by atoms with Gasteiger partial charge in [-0.25, -0.2) is 17.4 Å². The fourth-order valence-electron chi connectivity index (χ4n) is 2.68. The summed E-state index contributed by atoms with van der Waals surface area (Å²) in [5, 5.41) is -0.618. The maximum Gasteiger partial charge on any atom is 0.244 e. The lowest BCUT2D eigenvalue weighted by Gasteiger charge is -2.17. The van der Waals surface area contributed by atoms with Crippen LogP contribution in [0.15, 0.2) is 48.5 Å². The van der Waals surface area contributed by atoms with E-state index in [0.29, 0.717) is 28.1 Å². The second kappa shape index (κ2) is 6.57. The molecular formula is C19H21N3O3S. The number of ketones is 1. The summed E-state index contributed by atoms with van der Waals surface area (Å²) >= 11 is 0. The highest BCUT2D eigenvalue weighted by Crippen LogP contribution is 2.27. The van der Waals surface area contributed by atoms with Gasteiger partial charge in [0, 0.05) is 25.2 Å². The highest BCUT2D eigenvalue weighted by Gasteiger charge is 2.27. The molecule has 1 heterocycles.